The smallest absolute Gasteiger partial charge is 0.135 e. The van der Waals surface area contributed by atoms with Gasteiger partial charge in [0.15, 0.2) is 0 Å². The minimum Gasteiger partial charge on any atom is -0.295 e. The summed E-state index contributed by atoms with van der Waals surface area (Å²) in [6, 6.07) is 0. The first-order valence-corrected chi connectivity index (χ1v) is 3.00. The average Bonchev–Trinajstić information content (AvgIpc) is 1.90. The Morgan fingerprint density at radius 1 is 1.71 bits per heavy atom. The Labute approximate surface area is 47.3 Å². The molecule has 0 radical (unpaired) electrons. The van der Waals surface area contributed by atoms with Crippen LogP contribution in [0.3, 0.4) is 0 Å². The number of nitrogens with zero attached hydrogens (tertiary/aromatic N) is 1. The lowest BCUT2D eigenvalue weighted by atomic mass is 10.3. The molecule has 0 amide bonds. The Kier molecular flexibility index (Phi) is 2.23. The maximum atomic E-state index is 4.91. The van der Waals surface area contributed by atoms with E-state index in [-0.39, 0.29) is 0 Å². The van der Waals surface area contributed by atoms with Crippen LogP contribution in [0.4, 0.5) is 0 Å². The van der Waals surface area contributed by atoms with Gasteiger partial charge in [-0.3, -0.25) is 4.18 Å². The van der Waals surface area contributed by atoms with E-state index in [0.29, 0.717) is 0 Å². The van der Waals surface area contributed by atoms with Crippen molar-refractivity contribution in [1.29, 1.82) is 0 Å². The molecule has 0 unspecified atom stereocenters. The monoisotopic (exact) mass is 117 g/mol. The predicted octanol–water partition coefficient (Wildman–Crippen LogP) is 1.43. The van der Waals surface area contributed by atoms with Gasteiger partial charge in [-0.25, -0.2) is 4.40 Å². The van der Waals surface area contributed by atoms with Crippen LogP contribution >= 0.6 is 12.2 Å². The van der Waals surface area contributed by atoms with Gasteiger partial charge < -0.3 is 0 Å². The lowest BCUT2D eigenvalue weighted by molar-refractivity contribution is 0.372. The third-order valence-electron chi connectivity index (χ3n) is 0.731. The zero-order valence-electron chi connectivity index (χ0n) is 3.96. The normalized spacial score (nSPS) is 21.7. The Morgan fingerprint density at radius 3 is 3.71 bits per heavy atom. The van der Waals surface area contributed by atoms with Gasteiger partial charge in [-0.15, -0.1) is 0 Å². The van der Waals surface area contributed by atoms with Crippen LogP contribution in [-0.2, 0) is 4.18 Å². The number of hydrogen-bond donors (Lipinski definition) is 0. The zero-order chi connectivity index (χ0) is 4.95. The molecule has 0 saturated heterocycles. The fourth-order valence-electron chi connectivity index (χ4n) is 0.384. The summed E-state index contributed by atoms with van der Waals surface area (Å²) in [6.07, 6.45) is 4.06. The molecular formula is C4H7NOS. The maximum absolute atomic E-state index is 4.91. The van der Waals surface area contributed by atoms with Crippen molar-refractivity contribution in [2.24, 2.45) is 4.40 Å². The quantitative estimate of drug-likeness (QED) is 0.353. The topological polar surface area (TPSA) is 21.6 Å². The van der Waals surface area contributed by atoms with Crippen molar-refractivity contribution in [2.75, 3.05) is 6.61 Å². The maximum Gasteiger partial charge on any atom is 0.135 e. The van der Waals surface area contributed by atoms with Crippen LogP contribution in [0.15, 0.2) is 4.40 Å². The highest BCUT2D eigenvalue weighted by Crippen LogP contribution is 2.07. The van der Waals surface area contributed by atoms with Gasteiger partial charge in [-0.2, -0.15) is 0 Å². The van der Waals surface area contributed by atoms with Crippen molar-refractivity contribution >= 4 is 18.4 Å². The van der Waals surface area contributed by atoms with Gasteiger partial charge in [0.1, 0.15) is 12.2 Å². The van der Waals surface area contributed by atoms with Crippen LogP contribution in [0, 0.1) is 0 Å². The van der Waals surface area contributed by atoms with E-state index in [0.717, 1.165) is 19.4 Å². The number of rotatable bonds is 0. The highest BCUT2D eigenvalue weighted by Gasteiger charge is 1.90. The van der Waals surface area contributed by atoms with Gasteiger partial charge in [0.2, 0.25) is 0 Å². The van der Waals surface area contributed by atoms with Crippen molar-refractivity contribution in [2.45, 2.75) is 12.8 Å². The second-order valence-electron chi connectivity index (χ2n) is 1.33. The molecule has 0 aromatic carbocycles. The highest BCUT2D eigenvalue weighted by molar-refractivity contribution is 7.93. The van der Waals surface area contributed by atoms with E-state index in [9.17, 15) is 0 Å². The molecule has 40 valence electrons. The second-order valence-corrected chi connectivity index (χ2v) is 1.92. The Bertz CT molecular complexity index is 66.1. The van der Waals surface area contributed by atoms with E-state index in [1.807, 2.05) is 6.21 Å². The summed E-state index contributed by atoms with van der Waals surface area (Å²) in [7, 11) is 0. The van der Waals surface area contributed by atoms with Gasteiger partial charge in [0.25, 0.3) is 0 Å². The third-order valence-corrected chi connectivity index (χ3v) is 1.24. The molecule has 3 heteroatoms. The predicted molar refractivity (Wildman–Crippen MR) is 31.3 cm³/mol. The summed E-state index contributed by atoms with van der Waals surface area (Å²) in [6.45, 7) is 0.838. The molecular weight excluding hydrogens is 110 g/mol. The molecule has 0 fully saturated rings. The molecule has 0 aromatic rings. The summed E-state index contributed by atoms with van der Waals surface area (Å²) in [4.78, 5) is 0. The van der Waals surface area contributed by atoms with Crippen molar-refractivity contribution in [3.8, 4) is 0 Å². The molecule has 7 heavy (non-hydrogen) atoms. The van der Waals surface area contributed by atoms with E-state index in [1.54, 1.807) is 0 Å². The van der Waals surface area contributed by atoms with Crippen molar-refractivity contribution in [1.82, 2.24) is 0 Å². The van der Waals surface area contributed by atoms with Crippen LogP contribution in [0.1, 0.15) is 12.8 Å². The summed E-state index contributed by atoms with van der Waals surface area (Å²) in [5.74, 6) is 0. The largest absolute Gasteiger partial charge is 0.295 e. The Hall–Kier alpha value is -0.0200. The first-order chi connectivity index (χ1) is 3.50. The molecule has 1 aliphatic heterocycles. The van der Waals surface area contributed by atoms with Crippen LogP contribution in [-0.4, -0.2) is 12.8 Å². The molecule has 1 aliphatic rings. The highest BCUT2D eigenvalue weighted by atomic mass is 32.2. The Balaban J connectivity index is 2.20. The molecule has 0 bridgehead atoms. The third kappa shape index (κ3) is 1.94. The molecule has 1 rings (SSSR count). The molecule has 0 saturated carbocycles. The van der Waals surface area contributed by atoms with E-state index in [1.165, 1.54) is 12.2 Å². The van der Waals surface area contributed by atoms with Crippen LogP contribution in [0.5, 0.6) is 0 Å². The average molecular weight is 117 g/mol. The molecule has 0 spiro atoms. The van der Waals surface area contributed by atoms with E-state index < -0.39 is 0 Å². The van der Waals surface area contributed by atoms with E-state index in [4.69, 9.17) is 4.18 Å². The van der Waals surface area contributed by atoms with Crippen molar-refractivity contribution < 1.29 is 4.18 Å². The minimum atomic E-state index is 0.838. The van der Waals surface area contributed by atoms with Gasteiger partial charge in [-0.05, 0) is 12.8 Å². The van der Waals surface area contributed by atoms with Crippen molar-refractivity contribution in [3.05, 3.63) is 0 Å². The SMILES string of the molecule is C1=NSOCCC1. The van der Waals surface area contributed by atoms with E-state index >= 15 is 0 Å². The second kappa shape index (κ2) is 3.04. The Morgan fingerprint density at radius 2 is 2.71 bits per heavy atom. The van der Waals surface area contributed by atoms with Crippen LogP contribution in [0.2, 0.25) is 0 Å². The molecule has 2 nitrogen and oxygen atoms in total. The fourth-order valence-corrected chi connectivity index (χ4v) is 0.804. The summed E-state index contributed by atoms with van der Waals surface area (Å²) in [5.41, 5.74) is 0. The zero-order valence-corrected chi connectivity index (χ0v) is 4.78. The summed E-state index contributed by atoms with van der Waals surface area (Å²) >= 11 is 1.19. The first-order valence-electron chi connectivity index (χ1n) is 2.30. The van der Waals surface area contributed by atoms with Gasteiger partial charge in [-0.1, -0.05) is 0 Å². The van der Waals surface area contributed by atoms with Crippen LogP contribution in [0.25, 0.3) is 0 Å². The van der Waals surface area contributed by atoms with Gasteiger partial charge in [0.05, 0.1) is 6.61 Å². The lowest BCUT2D eigenvalue weighted by Crippen LogP contribution is -1.80. The standard InChI is InChI=1S/C4H7NOS/c1-2-4-6-7-5-3-1/h3H,1-2,4H2. The molecule has 0 atom stereocenters. The minimum absolute atomic E-state index is 0.838. The number of hydrogen-bond acceptors (Lipinski definition) is 3. The fraction of sp³-hybridized carbons (Fsp3) is 0.750. The lowest BCUT2D eigenvalue weighted by Gasteiger charge is -1.87. The summed E-state index contributed by atoms with van der Waals surface area (Å²) in [5, 5.41) is 0. The molecule has 0 aliphatic carbocycles. The summed E-state index contributed by atoms with van der Waals surface area (Å²) < 4.78 is 8.75. The van der Waals surface area contributed by atoms with Gasteiger partial charge >= 0.3 is 0 Å². The van der Waals surface area contributed by atoms with Crippen LogP contribution < -0.4 is 0 Å². The molecule has 0 aromatic heterocycles. The van der Waals surface area contributed by atoms with Crippen molar-refractivity contribution in [3.63, 3.8) is 0 Å². The first kappa shape index (κ1) is 5.12. The van der Waals surface area contributed by atoms with Gasteiger partial charge in [0, 0.05) is 6.21 Å². The van der Waals surface area contributed by atoms with E-state index in [2.05, 4.69) is 4.40 Å². The molecule has 0 N–H and O–H groups in total. The molecule has 1 heterocycles.